The minimum Gasteiger partial charge on any atom is -0.330 e. The van der Waals surface area contributed by atoms with E-state index >= 15 is 0 Å². The first-order valence-corrected chi connectivity index (χ1v) is 5.56. The molecule has 15 heavy (non-hydrogen) atoms. The van der Waals surface area contributed by atoms with E-state index < -0.39 is 0 Å². The summed E-state index contributed by atoms with van der Waals surface area (Å²) in [6.07, 6.45) is 3.03. The quantitative estimate of drug-likeness (QED) is 0.761. The maximum absolute atomic E-state index is 5.53. The molecule has 0 saturated heterocycles. The van der Waals surface area contributed by atoms with E-state index in [1.54, 1.807) is 0 Å². The van der Waals surface area contributed by atoms with E-state index in [0.717, 1.165) is 31.7 Å². The third kappa shape index (κ3) is 4.01. The zero-order valence-corrected chi connectivity index (χ0v) is 9.98. The fraction of sp³-hybridized carbons (Fsp3) is 0.727. The lowest BCUT2D eigenvalue weighted by atomic mass is 10.2. The predicted molar refractivity (Wildman–Crippen MR) is 62.4 cm³/mol. The van der Waals surface area contributed by atoms with Gasteiger partial charge in [-0.25, -0.2) is 0 Å². The summed E-state index contributed by atoms with van der Waals surface area (Å²) in [5.41, 5.74) is 6.66. The highest BCUT2D eigenvalue weighted by Gasteiger charge is 2.10. The molecule has 1 heterocycles. The summed E-state index contributed by atoms with van der Waals surface area (Å²) in [6, 6.07) is 2.61. The third-order valence-electron chi connectivity index (χ3n) is 2.51. The minimum atomic E-state index is 0.540. The highest BCUT2D eigenvalue weighted by molar-refractivity contribution is 4.98. The van der Waals surface area contributed by atoms with Crippen LogP contribution in [0.3, 0.4) is 0 Å². The van der Waals surface area contributed by atoms with Gasteiger partial charge in [-0.2, -0.15) is 5.10 Å². The molecule has 4 nitrogen and oxygen atoms in total. The van der Waals surface area contributed by atoms with E-state index in [0.29, 0.717) is 6.04 Å². The molecule has 1 aromatic rings. The van der Waals surface area contributed by atoms with Gasteiger partial charge >= 0.3 is 0 Å². The Morgan fingerprint density at radius 2 is 2.27 bits per heavy atom. The molecule has 1 rings (SSSR count). The van der Waals surface area contributed by atoms with Crippen LogP contribution in [0, 0.1) is 0 Å². The molecule has 0 saturated carbocycles. The van der Waals surface area contributed by atoms with E-state index in [1.807, 2.05) is 17.9 Å². The van der Waals surface area contributed by atoms with Crippen molar-refractivity contribution in [3.8, 4) is 0 Å². The Labute approximate surface area is 92.1 Å². The van der Waals surface area contributed by atoms with Crippen molar-refractivity contribution in [2.24, 2.45) is 12.8 Å². The second kappa shape index (κ2) is 5.88. The van der Waals surface area contributed by atoms with Crippen molar-refractivity contribution in [3.63, 3.8) is 0 Å². The van der Waals surface area contributed by atoms with Gasteiger partial charge in [0.1, 0.15) is 0 Å². The van der Waals surface area contributed by atoms with Crippen LogP contribution in [-0.4, -0.2) is 33.8 Å². The molecule has 0 fully saturated rings. The van der Waals surface area contributed by atoms with Crippen molar-refractivity contribution in [3.05, 3.63) is 18.0 Å². The average molecular weight is 210 g/mol. The summed E-state index contributed by atoms with van der Waals surface area (Å²) in [6.45, 7) is 7.13. The molecule has 2 N–H and O–H groups in total. The van der Waals surface area contributed by atoms with Crippen molar-refractivity contribution in [1.29, 1.82) is 0 Å². The van der Waals surface area contributed by atoms with Crippen molar-refractivity contribution in [1.82, 2.24) is 14.7 Å². The van der Waals surface area contributed by atoms with Crippen LogP contribution >= 0.6 is 0 Å². The standard InChI is InChI=1S/C11H22N4/c1-10(2)15(7-4-6-12)9-11-5-8-14(3)13-11/h5,8,10H,4,6-7,9,12H2,1-3H3. The van der Waals surface area contributed by atoms with Crippen LogP contribution in [0.2, 0.25) is 0 Å². The first kappa shape index (κ1) is 12.2. The summed E-state index contributed by atoms with van der Waals surface area (Å²) in [5, 5.41) is 4.38. The zero-order chi connectivity index (χ0) is 11.3. The van der Waals surface area contributed by atoms with Crippen molar-refractivity contribution >= 4 is 0 Å². The Morgan fingerprint density at radius 3 is 2.73 bits per heavy atom. The molecule has 0 aliphatic rings. The second-order valence-corrected chi connectivity index (χ2v) is 4.19. The van der Waals surface area contributed by atoms with Crippen LogP contribution in [0.5, 0.6) is 0 Å². The molecule has 0 aliphatic heterocycles. The first-order chi connectivity index (χ1) is 7.13. The van der Waals surface area contributed by atoms with Gasteiger partial charge in [-0.05, 0) is 32.9 Å². The second-order valence-electron chi connectivity index (χ2n) is 4.19. The first-order valence-electron chi connectivity index (χ1n) is 5.56. The smallest absolute Gasteiger partial charge is 0.0764 e. The molecule has 1 aromatic heterocycles. The number of nitrogens with zero attached hydrogens (tertiary/aromatic N) is 3. The van der Waals surface area contributed by atoms with Crippen LogP contribution in [0.15, 0.2) is 12.3 Å². The molecular weight excluding hydrogens is 188 g/mol. The third-order valence-corrected chi connectivity index (χ3v) is 2.51. The molecule has 86 valence electrons. The van der Waals surface area contributed by atoms with Crippen molar-refractivity contribution < 1.29 is 0 Å². The Hall–Kier alpha value is -0.870. The number of hydrogen-bond donors (Lipinski definition) is 1. The molecule has 0 aromatic carbocycles. The number of aromatic nitrogens is 2. The maximum atomic E-state index is 5.53. The SMILES string of the molecule is CC(C)N(CCCN)Cc1ccn(C)n1. The molecule has 0 radical (unpaired) electrons. The Kier molecular flexibility index (Phi) is 4.78. The zero-order valence-electron chi connectivity index (χ0n) is 9.98. The highest BCUT2D eigenvalue weighted by atomic mass is 15.3. The Bertz CT molecular complexity index is 280. The van der Waals surface area contributed by atoms with E-state index in [-0.39, 0.29) is 0 Å². The van der Waals surface area contributed by atoms with Gasteiger partial charge in [0.05, 0.1) is 5.69 Å². The monoisotopic (exact) mass is 210 g/mol. The van der Waals surface area contributed by atoms with Crippen LogP contribution < -0.4 is 5.73 Å². The molecule has 0 atom stereocenters. The Balaban J connectivity index is 2.50. The van der Waals surface area contributed by atoms with Crippen LogP contribution in [0.4, 0.5) is 0 Å². The summed E-state index contributed by atoms with van der Waals surface area (Å²) in [5.74, 6) is 0. The largest absolute Gasteiger partial charge is 0.330 e. The molecule has 0 spiro atoms. The van der Waals surface area contributed by atoms with Crippen LogP contribution in [0.25, 0.3) is 0 Å². The average Bonchev–Trinajstić information content (AvgIpc) is 2.58. The number of rotatable bonds is 6. The van der Waals surface area contributed by atoms with Gasteiger partial charge in [0, 0.05) is 32.4 Å². The summed E-state index contributed by atoms with van der Waals surface area (Å²) < 4.78 is 1.84. The Morgan fingerprint density at radius 1 is 1.53 bits per heavy atom. The molecule has 0 aliphatic carbocycles. The lowest BCUT2D eigenvalue weighted by molar-refractivity contribution is 0.208. The maximum Gasteiger partial charge on any atom is 0.0764 e. The van der Waals surface area contributed by atoms with Gasteiger partial charge < -0.3 is 5.73 Å². The molecule has 4 heteroatoms. The summed E-state index contributed by atoms with van der Waals surface area (Å²) >= 11 is 0. The molecule has 0 unspecified atom stereocenters. The number of hydrogen-bond acceptors (Lipinski definition) is 3. The van der Waals surface area contributed by atoms with Crippen molar-refractivity contribution in [2.75, 3.05) is 13.1 Å². The van der Waals surface area contributed by atoms with Gasteiger partial charge in [-0.3, -0.25) is 9.58 Å². The van der Waals surface area contributed by atoms with E-state index in [1.165, 1.54) is 0 Å². The van der Waals surface area contributed by atoms with Gasteiger partial charge in [-0.15, -0.1) is 0 Å². The lowest BCUT2D eigenvalue weighted by Gasteiger charge is -2.25. The minimum absolute atomic E-state index is 0.540. The molecular formula is C11H22N4. The predicted octanol–water partition coefficient (Wildman–Crippen LogP) is 0.979. The molecule has 0 bridgehead atoms. The lowest BCUT2D eigenvalue weighted by Crippen LogP contribution is -2.32. The van der Waals surface area contributed by atoms with Gasteiger partial charge in [0.15, 0.2) is 0 Å². The fourth-order valence-corrected chi connectivity index (χ4v) is 1.57. The van der Waals surface area contributed by atoms with Crippen LogP contribution in [0.1, 0.15) is 26.0 Å². The van der Waals surface area contributed by atoms with Gasteiger partial charge in [0.2, 0.25) is 0 Å². The van der Waals surface area contributed by atoms with Gasteiger partial charge in [-0.1, -0.05) is 0 Å². The topological polar surface area (TPSA) is 47.1 Å². The molecule has 0 amide bonds. The van der Waals surface area contributed by atoms with E-state index in [2.05, 4.69) is 29.9 Å². The van der Waals surface area contributed by atoms with Gasteiger partial charge in [0.25, 0.3) is 0 Å². The van der Waals surface area contributed by atoms with E-state index in [9.17, 15) is 0 Å². The fourth-order valence-electron chi connectivity index (χ4n) is 1.57. The summed E-state index contributed by atoms with van der Waals surface area (Å²) in [7, 11) is 1.95. The van der Waals surface area contributed by atoms with Crippen molar-refractivity contribution in [2.45, 2.75) is 32.9 Å². The normalized spacial score (nSPS) is 11.6. The number of nitrogens with two attached hydrogens (primary N) is 1. The van der Waals surface area contributed by atoms with Crippen LogP contribution in [-0.2, 0) is 13.6 Å². The summed E-state index contributed by atoms with van der Waals surface area (Å²) in [4.78, 5) is 2.40. The highest BCUT2D eigenvalue weighted by Crippen LogP contribution is 2.06. The number of aryl methyl sites for hydroxylation is 1. The van der Waals surface area contributed by atoms with E-state index in [4.69, 9.17) is 5.73 Å².